The third-order valence-electron chi connectivity index (χ3n) is 6.42. The van der Waals surface area contributed by atoms with Crippen LogP contribution >= 0.6 is 0 Å². The van der Waals surface area contributed by atoms with Gasteiger partial charge in [-0.3, -0.25) is 18.9 Å². The number of aryl methyl sites for hydroxylation is 2. The molecule has 0 spiro atoms. The summed E-state index contributed by atoms with van der Waals surface area (Å²) < 4.78 is 39.9. The van der Waals surface area contributed by atoms with E-state index >= 15 is 0 Å². The van der Waals surface area contributed by atoms with Gasteiger partial charge >= 0.3 is 57.1 Å². The van der Waals surface area contributed by atoms with Crippen molar-refractivity contribution in [3.63, 3.8) is 0 Å². The summed E-state index contributed by atoms with van der Waals surface area (Å²) in [7, 11) is 0. The summed E-state index contributed by atoms with van der Waals surface area (Å²) in [6, 6.07) is 17.9. The van der Waals surface area contributed by atoms with Crippen molar-refractivity contribution in [2.24, 2.45) is 0 Å². The molecular weight excluding hydrogens is 557 g/mol. The quantitative estimate of drug-likeness (QED) is 0.238. The first-order valence-electron chi connectivity index (χ1n) is 12.9. The standard InChI is InChI=1S/C30H26F2N4O4.K.H/c1-3-7-26-33-24(4-2)27(39-25-16-20(31)14-15-23(25)32)29(37)36(26)17-18-10-12-19(13-11-18)21-8-5-6-9-22(21)28-34-30(38)40-35-28;;/h5-6,8-16H,3-4,7,17H2,1-2H3,(H,34,35,38);;. The van der Waals surface area contributed by atoms with Gasteiger partial charge in [-0.2, -0.15) is 0 Å². The molecule has 0 saturated carbocycles. The first kappa shape index (κ1) is 30.7. The summed E-state index contributed by atoms with van der Waals surface area (Å²) in [6.45, 7) is 4.01. The molecule has 1 N–H and O–H groups in total. The van der Waals surface area contributed by atoms with Crippen LogP contribution in [0.25, 0.3) is 22.5 Å². The maximum atomic E-state index is 14.3. The number of hydrogen-bond acceptors (Lipinski definition) is 6. The number of nitrogens with zero attached hydrogens (tertiary/aromatic N) is 3. The Labute approximate surface area is 276 Å². The number of ether oxygens (including phenoxy) is 1. The number of H-pyrrole nitrogens is 1. The zero-order valence-electron chi connectivity index (χ0n) is 21.9. The summed E-state index contributed by atoms with van der Waals surface area (Å²) in [5.74, 6) is -1.69. The van der Waals surface area contributed by atoms with Gasteiger partial charge in [0, 0.05) is 18.1 Å². The Kier molecular flexibility index (Phi) is 10.2. The van der Waals surface area contributed by atoms with E-state index in [4.69, 9.17) is 4.74 Å². The summed E-state index contributed by atoms with van der Waals surface area (Å²) in [4.78, 5) is 32.4. The van der Waals surface area contributed by atoms with Gasteiger partial charge in [-0.1, -0.05) is 67.5 Å². The van der Waals surface area contributed by atoms with Crippen molar-refractivity contribution in [2.45, 2.75) is 39.7 Å². The van der Waals surface area contributed by atoms with Crippen LogP contribution in [-0.2, 0) is 19.4 Å². The molecule has 3 aromatic carbocycles. The van der Waals surface area contributed by atoms with Crippen molar-refractivity contribution in [1.82, 2.24) is 19.7 Å². The molecule has 0 amide bonds. The molecule has 0 aliphatic heterocycles. The van der Waals surface area contributed by atoms with Crippen LogP contribution in [-0.4, -0.2) is 71.1 Å². The van der Waals surface area contributed by atoms with E-state index < -0.39 is 22.9 Å². The van der Waals surface area contributed by atoms with E-state index in [-0.39, 0.29) is 69.4 Å². The number of hydrogen-bond donors (Lipinski definition) is 1. The van der Waals surface area contributed by atoms with Crippen molar-refractivity contribution >= 4 is 51.4 Å². The second-order valence-corrected chi connectivity index (χ2v) is 9.16. The third kappa shape index (κ3) is 6.82. The molecule has 0 radical (unpaired) electrons. The SMILES string of the molecule is CCCc1nc(CC)c(Oc2cc(F)ccc2F)c(=O)n1Cc1ccc(-c2ccccc2-c2noc(=O)[nH]2)cc1.[KH]. The Morgan fingerprint density at radius 3 is 2.37 bits per heavy atom. The van der Waals surface area contributed by atoms with Gasteiger partial charge in [0.25, 0.3) is 5.56 Å². The van der Waals surface area contributed by atoms with Crippen molar-refractivity contribution in [3.05, 3.63) is 116 Å². The Morgan fingerprint density at radius 1 is 0.976 bits per heavy atom. The van der Waals surface area contributed by atoms with Gasteiger partial charge in [-0.05, 0) is 41.7 Å². The van der Waals surface area contributed by atoms with Crippen molar-refractivity contribution in [1.29, 1.82) is 0 Å². The number of aromatic nitrogens is 4. The van der Waals surface area contributed by atoms with Gasteiger partial charge in [0.05, 0.1) is 12.2 Å². The summed E-state index contributed by atoms with van der Waals surface area (Å²) in [5, 5.41) is 3.80. The monoisotopic (exact) mass is 584 g/mol. The summed E-state index contributed by atoms with van der Waals surface area (Å²) >= 11 is 0. The van der Waals surface area contributed by atoms with Gasteiger partial charge in [0.15, 0.2) is 17.4 Å². The number of aromatic amines is 1. The van der Waals surface area contributed by atoms with Crippen molar-refractivity contribution in [3.8, 4) is 34.0 Å². The molecular formula is C30H27F2KN4O4. The second-order valence-electron chi connectivity index (χ2n) is 9.16. The molecule has 0 aliphatic carbocycles. The van der Waals surface area contributed by atoms with E-state index in [1.54, 1.807) is 0 Å². The van der Waals surface area contributed by atoms with E-state index in [1.165, 1.54) is 4.57 Å². The molecule has 11 heteroatoms. The molecule has 2 aromatic heterocycles. The molecule has 0 unspecified atom stereocenters. The fraction of sp³-hybridized carbons (Fsp3) is 0.200. The zero-order chi connectivity index (χ0) is 28.2. The Hall–Kier alpha value is -3.22. The van der Waals surface area contributed by atoms with Crippen LogP contribution in [0.2, 0.25) is 0 Å². The predicted molar refractivity (Wildman–Crippen MR) is 153 cm³/mol. The van der Waals surface area contributed by atoms with Crippen LogP contribution in [0.3, 0.4) is 0 Å². The molecule has 0 fully saturated rings. The van der Waals surface area contributed by atoms with Crippen LogP contribution in [0.4, 0.5) is 8.78 Å². The Bertz CT molecular complexity index is 1780. The average Bonchev–Trinajstić information content (AvgIpc) is 3.40. The van der Waals surface area contributed by atoms with E-state index in [9.17, 15) is 18.4 Å². The fourth-order valence-electron chi connectivity index (χ4n) is 4.47. The second kappa shape index (κ2) is 13.6. The van der Waals surface area contributed by atoms with Crippen LogP contribution in [0, 0.1) is 11.6 Å². The number of nitrogens with one attached hydrogen (secondary N) is 1. The molecule has 0 aliphatic rings. The molecule has 0 bridgehead atoms. The predicted octanol–water partition coefficient (Wildman–Crippen LogP) is 5.24. The minimum absolute atomic E-state index is 0. The maximum absolute atomic E-state index is 14.3. The zero-order valence-corrected chi connectivity index (χ0v) is 21.9. The van der Waals surface area contributed by atoms with E-state index in [0.29, 0.717) is 35.7 Å². The summed E-state index contributed by atoms with van der Waals surface area (Å²) in [5.41, 5.74) is 3.14. The summed E-state index contributed by atoms with van der Waals surface area (Å²) in [6.07, 6.45) is 1.69. The van der Waals surface area contributed by atoms with Crippen LogP contribution in [0.1, 0.15) is 37.4 Å². The van der Waals surface area contributed by atoms with Crippen LogP contribution in [0.15, 0.2) is 80.8 Å². The molecule has 5 aromatic rings. The third-order valence-corrected chi connectivity index (χ3v) is 6.42. The molecule has 2 heterocycles. The number of benzene rings is 3. The minimum atomic E-state index is -0.780. The molecule has 8 nitrogen and oxygen atoms in total. The molecule has 41 heavy (non-hydrogen) atoms. The van der Waals surface area contributed by atoms with Gasteiger partial charge in [-0.15, -0.1) is 0 Å². The van der Waals surface area contributed by atoms with Gasteiger partial charge in [0.2, 0.25) is 5.75 Å². The van der Waals surface area contributed by atoms with Gasteiger partial charge < -0.3 is 4.74 Å². The average molecular weight is 585 g/mol. The Morgan fingerprint density at radius 2 is 1.71 bits per heavy atom. The molecule has 206 valence electrons. The van der Waals surface area contributed by atoms with Crippen LogP contribution in [0.5, 0.6) is 11.5 Å². The van der Waals surface area contributed by atoms with Gasteiger partial charge in [0.1, 0.15) is 11.6 Å². The first-order valence-corrected chi connectivity index (χ1v) is 12.9. The topological polar surface area (TPSA) is 103 Å². The number of rotatable bonds is 9. The number of halogens is 2. The van der Waals surface area contributed by atoms with E-state index in [2.05, 4.69) is 19.6 Å². The fourth-order valence-corrected chi connectivity index (χ4v) is 4.47. The molecule has 0 atom stereocenters. The Balaban J connectivity index is 0.00000387. The van der Waals surface area contributed by atoms with E-state index in [1.807, 2.05) is 62.4 Å². The van der Waals surface area contributed by atoms with E-state index in [0.717, 1.165) is 41.3 Å². The first-order chi connectivity index (χ1) is 19.4. The molecule has 0 saturated heterocycles. The molecule has 5 rings (SSSR count). The van der Waals surface area contributed by atoms with Crippen molar-refractivity contribution < 1.29 is 18.0 Å². The van der Waals surface area contributed by atoms with Crippen LogP contribution < -0.4 is 16.1 Å². The van der Waals surface area contributed by atoms with Gasteiger partial charge in [-0.25, -0.2) is 18.6 Å². The normalized spacial score (nSPS) is 10.8. The van der Waals surface area contributed by atoms with Crippen molar-refractivity contribution in [2.75, 3.05) is 0 Å².